The molecule has 1 aromatic carbocycles. The number of nitrogens with one attached hydrogen (secondary N) is 1. The second-order valence-corrected chi connectivity index (χ2v) is 5.49. The standard InChI is InChI=1S/C14H18N4O2S/c1-15-9-11-16-17-14(18(11)2)21-12(13(19)20-3)10-7-5-4-6-8-10/h4-8,12,15H,9H2,1-3H3/t12-/m0/s1. The van der Waals surface area contributed by atoms with Gasteiger partial charge in [-0.05, 0) is 12.6 Å². The number of rotatable bonds is 6. The van der Waals surface area contributed by atoms with Crippen LogP contribution in [0.3, 0.4) is 0 Å². The summed E-state index contributed by atoms with van der Waals surface area (Å²) in [5.74, 6) is 0.515. The van der Waals surface area contributed by atoms with Gasteiger partial charge in [0.05, 0.1) is 13.7 Å². The largest absolute Gasteiger partial charge is 0.468 e. The first-order valence-electron chi connectivity index (χ1n) is 6.49. The second kappa shape index (κ2) is 7.24. The summed E-state index contributed by atoms with van der Waals surface area (Å²) in [7, 11) is 5.12. The Morgan fingerprint density at radius 2 is 2.10 bits per heavy atom. The molecule has 7 heteroatoms. The number of hydrogen-bond acceptors (Lipinski definition) is 6. The Morgan fingerprint density at radius 3 is 2.71 bits per heavy atom. The van der Waals surface area contributed by atoms with Crippen molar-refractivity contribution in [1.82, 2.24) is 20.1 Å². The van der Waals surface area contributed by atoms with Gasteiger partial charge >= 0.3 is 5.97 Å². The first kappa shape index (κ1) is 15.5. The second-order valence-electron chi connectivity index (χ2n) is 4.42. The molecule has 21 heavy (non-hydrogen) atoms. The minimum Gasteiger partial charge on any atom is -0.468 e. The Hall–Kier alpha value is -1.86. The third-order valence-electron chi connectivity index (χ3n) is 3.00. The molecule has 0 saturated heterocycles. The molecule has 1 heterocycles. The maximum absolute atomic E-state index is 12.0. The first-order valence-corrected chi connectivity index (χ1v) is 7.37. The van der Waals surface area contributed by atoms with Crippen LogP contribution >= 0.6 is 11.8 Å². The minimum absolute atomic E-state index is 0.302. The molecule has 0 bridgehead atoms. The Bertz CT molecular complexity index is 600. The van der Waals surface area contributed by atoms with Crippen LogP contribution in [0.2, 0.25) is 0 Å². The van der Waals surface area contributed by atoms with Crippen LogP contribution in [0.25, 0.3) is 0 Å². The van der Waals surface area contributed by atoms with Crippen molar-refractivity contribution in [3.8, 4) is 0 Å². The summed E-state index contributed by atoms with van der Waals surface area (Å²) in [5, 5.41) is 11.5. The fraction of sp³-hybridized carbons (Fsp3) is 0.357. The van der Waals surface area contributed by atoms with Crippen LogP contribution in [-0.4, -0.2) is 34.9 Å². The summed E-state index contributed by atoms with van der Waals surface area (Å²) in [6, 6.07) is 9.51. The molecule has 112 valence electrons. The van der Waals surface area contributed by atoms with Gasteiger partial charge in [-0.15, -0.1) is 10.2 Å². The SMILES string of the molecule is CNCc1nnc(S[C@H](C(=O)OC)c2ccccc2)n1C. The predicted octanol–water partition coefficient (Wildman–Crippen LogP) is 1.54. The predicted molar refractivity (Wildman–Crippen MR) is 80.8 cm³/mol. The highest BCUT2D eigenvalue weighted by atomic mass is 32.2. The summed E-state index contributed by atoms with van der Waals surface area (Å²) in [4.78, 5) is 12.0. The maximum Gasteiger partial charge on any atom is 0.323 e. The molecule has 2 rings (SSSR count). The molecule has 6 nitrogen and oxygen atoms in total. The van der Waals surface area contributed by atoms with Gasteiger partial charge in [0.1, 0.15) is 11.1 Å². The summed E-state index contributed by atoms with van der Waals surface area (Å²) < 4.78 is 6.78. The summed E-state index contributed by atoms with van der Waals surface area (Å²) in [5.41, 5.74) is 0.882. The molecule has 0 aliphatic heterocycles. The van der Waals surface area contributed by atoms with E-state index >= 15 is 0 Å². The van der Waals surface area contributed by atoms with E-state index in [4.69, 9.17) is 4.74 Å². The highest BCUT2D eigenvalue weighted by Gasteiger charge is 2.25. The molecule has 0 fully saturated rings. The molecule has 1 N–H and O–H groups in total. The zero-order valence-corrected chi connectivity index (χ0v) is 13.1. The van der Waals surface area contributed by atoms with Crippen molar-refractivity contribution in [2.24, 2.45) is 7.05 Å². The number of benzene rings is 1. The van der Waals surface area contributed by atoms with Gasteiger partial charge in [-0.25, -0.2) is 0 Å². The number of ether oxygens (including phenoxy) is 1. The lowest BCUT2D eigenvalue weighted by molar-refractivity contribution is -0.140. The van der Waals surface area contributed by atoms with E-state index in [0.29, 0.717) is 11.7 Å². The third-order valence-corrected chi connectivity index (χ3v) is 4.27. The van der Waals surface area contributed by atoms with Gasteiger partial charge < -0.3 is 14.6 Å². The van der Waals surface area contributed by atoms with Crippen molar-refractivity contribution in [3.63, 3.8) is 0 Å². The number of aromatic nitrogens is 3. The lowest BCUT2D eigenvalue weighted by atomic mass is 10.1. The fourth-order valence-electron chi connectivity index (χ4n) is 1.85. The van der Waals surface area contributed by atoms with E-state index in [2.05, 4.69) is 15.5 Å². The summed E-state index contributed by atoms with van der Waals surface area (Å²) in [6.45, 7) is 0.623. The Kier molecular flexibility index (Phi) is 5.35. The normalized spacial score (nSPS) is 12.1. The van der Waals surface area contributed by atoms with Crippen LogP contribution in [-0.2, 0) is 23.1 Å². The average molecular weight is 306 g/mol. The van der Waals surface area contributed by atoms with Crippen LogP contribution in [0.5, 0.6) is 0 Å². The van der Waals surface area contributed by atoms with Crippen LogP contribution in [0.4, 0.5) is 0 Å². The molecule has 0 spiro atoms. The van der Waals surface area contributed by atoms with Gasteiger partial charge in [0.25, 0.3) is 0 Å². The van der Waals surface area contributed by atoms with E-state index in [1.54, 1.807) is 0 Å². The van der Waals surface area contributed by atoms with E-state index in [1.807, 2.05) is 49.0 Å². The quantitative estimate of drug-likeness (QED) is 0.645. The van der Waals surface area contributed by atoms with Crippen LogP contribution in [0.1, 0.15) is 16.6 Å². The van der Waals surface area contributed by atoms with Gasteiger partial charge in [0.2, 0.25) is 0 Å². The van der Waals surface area contributed by atoms with E-state index in [0.717, 1.165) is 11.4 Å². The van der Waals surface area contributed by atoms with Crippen LogP contribution in [0, 0.1) is 0 Å². The van der Waals surface area contributed by atoms with Crippen molar-refractivity contribution in [2.75, 3.05) is 14.2 Å². The molecule has 1 atom stereocenters. The van der Waals surface area contributed by atoms with Gasteiger partial charge in [0.15, 0.2) is 5.16 Å². The van der Waals surface area contributed by atoms with E-state index in [1.165, 1.54) is 18.9 Å². The number of carbonyl (C=O) groups is 1. The monoisotopic (exact) mass is 306 g/mol. The number of esters is 1. The van der Waals surface area contributed by atoms with Crippen LogP contribution < -0.4 is 5.32 Å². The first-order chi connectivity index (χ1) is 10.2. The zero-order chi connectivity index (χ0) is 15.2. The third kappa shape index (κ3) is 3.62. The molecular weight excluding hydrogens is 288 g/mol. The maximum atomic E-state index is 12.0. The van der Waals surface area contributed by atoms with Gasteiger partial charge in [-0.3, -0.25) is 4.79 Å². The van der Waals surface area contributed by atoms with Crippen molar-refractivity contribution in [3.05, 3.63) is 41.7 Å². The molecule has 0 radical (unpaired) electrons. The molecule has 1 aromatic heterocycles. The number of hydrogen-bond donors (Lipinski definition) is 1. The van der Waals surface area contributed by atoms with Gasteiger partial charge in [-0.1, -0.05) is 42.1 Å². The lowest BCUT2D eigenvalue weighted by Crippen LogP contribution is -2.13. The molecule has 0 unspecified atom stereocenters. The number of carbonyl (C=O) groups excluding carboxylic acids is 1. The Labute approximate surface area is 127 Å². The molecule has 0 aliphatic rings. The zero-order valence-electron chi connectivity index (χ0n) is 12.2. The van der Waals surface area contributed by atoms with E-state index < -0.39 is 5.25 Å². The Morgan fingerprint density at radius 1 is 1.38 bits per heavy atom. The van der Waals surface area contributed by atoms with Gasteiger partial charge in [-0.2, -0.15) is 0 Å². The van der Waals surface area contributed by atoms with Crippen molar-refractivity contribution in [2.45, 2.75) is 17.0 Å². The topological polar surface area (TPSA) is 69.0 Å². The number of nitrogens with zero attached hydrogens (tertiary/aromatic N) is 3. The number of methoxy groups -OCH3 is 1. The smallest absolute Gasteiger partial charge is 0.323 e. The lowest BCUT2D eigenvalue weighted by Gasteiger charge is -2.14. The van der Waals surface area contributed by atoms with Gasteiger partial charge in [0, 0.05) is 7.05 Å². The molecule has 0 aliphatic carbocycles. The minimum atomic E-state index is -0.457. The van der Waals surface area contributed by atoms with E-state index in [-0.39, 0.29) is 5.97 Å². The highest BCUT2D eigenvalue weighted by Crippen LogP contribution is 2.35. The fourth-order valence-corrected chi connectivity index (χ4v) is 2.90. The van der Waals surface area contributed by atoms with Crippen LogP contribution in [0.15, 0.2) is 35.5 Å². The van der Waals surface area contributed by atoms with Crippen molar-refractivity contribution >= 4 is 17.7 Å². The summed E-state index contributed by atoms with van der Waals surface area (Å²) >= 11 is 1.33. The Balaban J connectivity index is 2.26. The van der Waals surface area contributed by atoms with E-state index in [9.17, 15) is 4.79 Å². The summed E-state index contributed by atoms with van der Waals surface area (Å²) in [6.07, 6.45) is 0. The van der Waals surface area contributed by atoms with Crippen molar-refractivity contribution in [1.29, 1.82) is 0 Å². The average Bonchev–Trinajstić information content (AvgIpc) is 2.86. The number of thioether (sulfide) groups is 1. The highest BCUT2D eigenvalue weighted by molar-refractivity contribution is 8.00. The molecular formula is C14H18N4O2S. The molecule has 0 saturated carbocycles. The molecule has 0 amide bonds. The molecule has 2 aromatic rings. The van der Waals surface area contributed by atoms with Crippen molar-refractivity contribution < 1.29 is 9.53 Å².